The summed E-state index contributed by atoms with van der Waals surface area (Å²) in [6.45, 7) is 1.83. The maximum Gasteiger partial charge on any atom is 0.257 e. The SMILES string of the molecule is O=C(Nc1n[nH]c2c1CNCC2)c1ccc2c(c1)OCO2. The van der Waals surface area contributed by atoms with Gasteiger partial charge in [-0.05, 0) is 18.2 Å². The first kappa shape index (κ1) is 12.2. The largest absolute Gasteiger partial charge is 0.454 e. The lowest BCUT2D eigenvalue weighted by atomic mass is 10.1. The van der Waals surface area contributed by atoms with E-state index in [2.05, 4.69) is 20.8 Å². The minimum Gasteiger partial charge on any atom is -0.454 e. The molecule has 0 atom stereocenters. The number of H-pyrrole nitrogens is 1. The first-order valence-electron chi connectivity index (χ1n) is 6.79. The lowest BCUT2D eigenvalue weighted by Crippen LogP contribution is -2.24. The molecule has 2 aliphatic heterocycles. The number of nitrogens with zero attached hydrogens (tertiary/aromatic N) is 1. The lowest BCUT2D eigenvalue weighted by molar-refractivity contribution is 0.102. The Hall–Kier alpha value is -2.54. The van der Waals surface area contributed by atoms with E-state index in [-0.39, 0.29) is 12.7 Å². The molecule has 3 heterocycles. The zero-order valence-electron chi connectivity index (χ0n) is 11.2. The fourth-order valence-electron chi connectivity index (χ4n) is 2.55. The van der Waals surface area contributed by atoms with Crippen LogP contribution in [0.1, 0.15) is 21.6 Å². The number of rotatable bonds is 2. The Balaban J connectivity index is 1.57. The highest BCUT2D eigenvalue weighted by Crippen LogP contribution is 2.32. The van der Waals surface area contributed by atoms with Crippen LogP contribution in [0.3, 0.4) is 0 Å². The number of amides is 1. The molecule has 0 fully saturated rings. The van der Waals surface area contributed by atoms with E-state index in [0.29, 0.717) is 29.4 Å². The molecule has 0 spiro atoms. The van der Waals surface area contributed by atoms with E-state index in [1.54, 1.807) is 18.2 Å². The number of nitrogens with one attached hydrogen (secondary N) is 3. The minimum absolute atomic E-state index is 0.193. The van der Waals surface area contributed by atoms with Crippen molar-refractivity contribution in [3.63, 3.8) is 0 Å². The predicted molar refractivity (Wildman–Crippen MR) is 74.5 cm³/mol. The molecular weight excluding hydrogens is 272 g/mol. The number of carbonyl (C=O) groups excluding carboxylic acids is 1. The molecule has 0 radical (unpaired) electrons. The summed E-state index contributed by atoms with van der Waals surface area (Å²) in [5.41, 5.74) is 2.62. The van der Waals surface area contributed by atoms with Crippen molar-refractivity contribution in [2.45, 2.75) is 13.0 Å². The molecule has 0 bridgehead atoms. The Morgan fingerprint density at radius 3 is 3.14 bits per heavy atom. The fourth-order valence-corrected chi connectivity index (χ4v) is 2.55. The number of hydrogen-bond acceptors (Lipinski definition) is 5. The summed E-state index contributed by atoms with van der Waals surface area (Å²) >= 11 is 0. The van der Waals surface area contributed by atoms with Gasteiger partial charge in [-0.3, -0.25) is 9.89 Å². The predicted octanol–water partition coefficient (Wildman–Crippen LogP) is 1.04. The van der Waals surface area contributed by atoms with Crippen LogP contribution in [0.25, 0.3) is 0 Å². The van der Waals surface area contributed by atoms with Crippen LogP contribution in [0.2, 0.25) is 0 Å². The van der Waals surface area contributed by atoms with Gasteiger partial charge < -0.3 is 20.1 Å². The summed E-state index contributed by atoms with van der Waals surface area (Å²) in [4.78, 5) is 12.3. The van der Waals surface area contributed by atoms with Crippen molar-refractivity contribution in [1.82, 2.24) is 15.5 Å². The molecule has 3 N–H and O–H groups in total. The van der Waals surface area contributed by atoms with E-state index < -0.39 is 0 Å². The second kappa shape index (κ2) is 4.78. The molecule has 0 saturated heterocycles. The van der Waals surface area contributed by atoms with E-state index in [1.807, 2.05) is 0 Å². The maximum absolute atomic E-state index is 12.3. The zero-order chi connectivity index (χ0) is 14.2. The van der Waals surface area contributed by atoms with Crippen LogP contribution in [0.15, 0.2) is 18.2 Å². The molecule has 4 rings (SSSR count). The molecule has 2 aliphatic rings. The van der Waals surface area contributed by atoms with E-state index in [9.17, 15) is 4.79 Å². The van der Waals surface area contributed by atoms with E-state index >= 15 is 0 Å². The monoisotopic (exact) mass is 286 g/mol. The Morgan fingerprint density at radius 2 is 2.19 bits per heavy atom. The molecule has 0 saturated carbocycles. The van der Waals surface area contributed by atoms with Crippen LogP contribution >= 0.6 is 0 Å². The normalized spacial score (nSPS) is 15.6. The Labute approximate surface area is 120 Å². The van der Waals surface area contributed by atoms with Crippen LogP contribution in [0, 0.1) is 0 Å². The van der Waals surface area contributed by atoms with Crippen molar-refractivity contribution < 1.29 is 14.3 Å². The molecule has 1 aromatic heterocycles. The van der Waals surface area contributed by atoms with E-state index in [0.717, 1.165) is 24.2 Å². The summed E-state index contributed by atoms with van der Waals surface area (Å²) in [6.07, 6.45) is 0.891. The molecule has 0 unspecified atom stereocenters. The van der Waals surface area contributed by atoms with Gasteiger partial charge in [-0.2, -0.15) is 5.10 Å². The van der Waals surface area contributed by atoms with Gasteiger partial charge in [0.05, 0.1) is 0 Å². The molecule has 108 valence electrons. The number of aromatic nitrogens is 2. The zero-order valence-corrected chi connectivity index (χ0v) is 11.2. The van der Waals surface area contributed by atoms with Gasteiger partial charge in [0.1, 0.15) is 0 Å². The van der Waals surface area contributed by atoms with Gasteiger partial charge in [0, 0.05) is 36.3 Å². The van der Waals surface area contributed by atoms with Gasteiger partial charge in [-0.15, -0.1) is 0 Å². The van der Waals surface area contributed by atoms with Crippen LogP contribution < -0.4 is 20.1 Å². The van der Waals surface area contributed by atoms with E-state index in [4.69, 9.17) is 9.47 Å². The van der Waals surface area contributed by atoms with Crippen LogP contribution in [-0.4, -0.2) is 29.4 Å². The second-order valence-corrected chi connectivity index (χ2v) is 4.98. The third kappa shape index (κ3) is 2.11. The minimum atomic E-state index is -0.215. The molecular formula is C14H14N4O3. The average Bonchev–Trinajstić information content (AvgIpc) is 3.13. The third-order valence-electron chi connectivity index (χ3n) is 3.67. The summed E-state index contributed by atoms with van der Waals surface area (Å²) in [6, 6.07) is 5.12. The highest BCUT2D eigenvalue weighted by molar-refractivity contribution is 6.04. The molecule has 21 heavy (non-hydrogen) atoms. The number of ether oxygens (including phenoxy) is 2. The van der Waals surface area contributed by atoms with Crippen LogP contribution in [0.5, 0.6) is 11.5 Å². The average molecular weight is 286 g/mol. The number of hydrogen-bond donors (Lipinski definition) is 3. The topological polar surface area (TPSA) is 88.3 Å². The smallest absolute Gasteiger partial charge is 0.257 e. The van der Waals surface area contributed by atoms with Gasteiger partial charge in [-0.25, -0.2) is 0 Å². The number of fused-ring (bicyclic) bond motifs is 2. The standard InChI is InChI=1S/C14H14N4O3/c19-14(8-1-2-11-12(5-8)21-7-20-11)16-13-9-6-15-4-3-10(9)17-18-13/h1-2,5,15H,3-4,6-7H2,(H2,16,17,18,19). The fraction of sp³-hybridized carbons (Fsp3) is 0.286. The van der Waals surface area contributed by atoms with Crippen molar-refractivity contribution in [3.8, 4) is 11.5 Å². The van der Waals surface area contributed by atoms with E-state index in [1.165, 1.54) is 0 Å². The maximum atomic E-state index is 12.3. The number of aromatic amines is 1. The lowest BCUT2D eigenvalue weighted by Gasteiger charge is -2.13. The first-order chi connectivity index (χ1) is 10.3. The molecule has 1 amide bonds. The van der Waals surface area contributed by atoms with Crippen molar-refractivity contribution in [2.75, 3.05) is 18.7 Å². The summed E-state index contributed by atoms with van der Waals surface area (Å²) < 4.78 is 10.5. The van der Waals surface area contributed by atoms with Gasteiger partial charge in [0.15, 0.2) is 17.3 Å². The Morgan fingerprint density at radius 1 is 1.29 bits per heavy atom. The number of anilines is 1. The van der Waals surface area contributed by atoms with Crippen molar-refractivity contribution >= 4 is 11.7 Å². The first-order valence-corrected chi connectivity index (χ1v) is 6.79. The van der Waals surface area contributed by atoms with Crippen LogP contribution in [0.4, 0.5) is 5.82 Å². The molecule has 7 nitrogen and oxygen atoms in total. The van der Waals surface area contributed by atoms with Gasteiger partial charge >= 0.3 is 0 Å². The molecule has 1 aromatic carbocycles. The second-order valence-electron chi connectivity index (χ2n) is 4.98. The van der Waals surface area contributed by atoms with Crippen molar-refractivity contribution in [2.24, 2.45) is 0 Å². The summed E-state index contributed by atoms with van der Waals surface area (Å²) in [7, 11) is 0. The van der Waals surface area contributed by atoms with Gasteiger partial charge in [0.25, 0.3) is 5.91 Å². The Kier molecular flexibility index (Phi) is 2.78. The molecule has 7 heteroatoms. The quantitative estimate of drug-likeness (QED) is 0.767. The number of carbonyl (C=O) groups is 1. The Bertz CT molecular complexity index is 710. The molecule has 0 aliphatic carbocycles. The van der Waals surface area contributed by atoms with Crippen molar-refractivity contribution in [3.05, 3.63) is 35.0 Å². The summed E-state index contributed by atoms with van der Waals surface area (Å²) in [5.74, 6) is 1.62. The summed E-state index contributed by atoms with van der Waals surface area (Å²) in [5, 5.41) is 13.3. The van der Waals surface area contributed by atoms with Crippen molar-refractivity contribution in [1.29, 1.82) is 0 Å². The highest BCUT2D eigenvalue weighted by atomic mass is 16.7. The van der Waals surface area contributed by atoms with Gasteiger partial charge in [-0.1, -0.05) is 0 Å². The number of benzene rings is 1. The van der Waals surface area contributed by atoms with Gasteiger partial charge in [0.2, 0.25) is 6.79 Å². The molecule has 2 aromatic rings. The third-order valence-corrected chi connectivity index (χ3v) is 3.67. The van der Waals surface area contributed by atoms with Crippen LogP contribution in [-0.2, 0) is 13.0 Å². The highest BCUT2D eigenvalue weighted by Gasteiger charge is 2.20.